The topological polar surface area (TPSA) is 587 Å². The number of nitrogens with zero attached hydrogens (tertiary/aromatic N) is 4. The molecule has 38 heteroatoms. The molecule has 4 aliphatic heterocycles. The Balaban J connectivity index is 0.935. The molecule has 6 rings (SSSR count). The molecular formula is C65H99N19O19. The molecule has 0 bridgehead atoms. The Kier molecular flexibility index (Phi) is 31.5. The van der Waals surface area contributed by atoms with Crippen molar-refractivity contribution >= 4 is 105 Å². The van der Waals surface area contributed by atoms with Gasteiger partial charge in [-0.25, -0.2) is 0 Å². The first kappa shape index (κ1) is 82.0. The fourth-order valence-corrected chi connectivity index (χ4v) is 12.9. The number of para-hydroxylation sites is 1. The zero-order valence-electron chi connectivity index (χ0n) is 58.0. The third kappa shape index (κ3) is 23.0. The highest BCUT2D eigenvalue weighted by Gasteiger charge is 2.47. The second-order valence-corrected chi connectivity index (χ2v) is 26.4. The zero-order valence-corrected chi connectivity index (χ0v) is 58.0. The van der Waals surface area contributed by atoms with E-state index in [1.165, 1.54) is 21.6 Å². The van der Waals surface area contributed by atoms with Crippen LogP contribution in [0.4, 0.5) is 0 Å². The molecule has 1 aromatic heterocycles. The number of nitrogens with two attached hydrogens (primary N) is 4. The van der Waals surface area contributed by atoms with Crippen LogP contribution in [0.3, 0.4) is 0 Å². The Bertz CT molecular complexity index is 3430. The monoisotopic (exact) mass is 1450 g/mol. The predicted molar refractivity (Wildman–Crippen MR) is 364 cm³/mol. The molecule has 0 aliphatic carbocycles. The third-order valence-corrected chi connectivity index (χ3v) is 18.3. The van der Waals surface area contributed by atoms with Crippen molar-refractivity contribution in [2.75, 3.05) is 72.2 Å². The van der Waals surface area contributed by atoms with E-state index in [2.05, 4.69) is 58.2 Å². The second-order valence-electron chi connectivity index (χ2n) is 26.4. The summed E-state index contributed by atoms with van der Waals surface area (Å²) in [5.41, 5.74) is 24.4. The number of unbranched alkanes of at least 4 members (excludes halogenated alkanes) is 1. The van der Waals surface area contributed by atoms with Gasteiger partial charge in [0.15, 0.2) is 0 Å². The largest absolute Gasteiger partial charge is 0.394 e. The molecule has 0 spiro atoms. The number of primary amides is 2. The van der Waals surface area contributed by atoms with E-state index in [-0.39, 0.29) is 90.0 Å². The highest BCUT2D eigenvalue weighted by atomic mass is 16.3. The van der Waals surface area contributed by atoms with Gasteiger partial charge < -0.3 is 116 Å². The van der Waals surface area contributed by atoms with Gasteiger partial charge in [0.1, 0.15) is 66.5 Å². The number of amides is 16. The molecule has 5 heterocycles. The first-order valence-corrected chi connectivity index (χ1v) is 34.6. The number of fused-ring (bicyclic) bond motifs is 1. The summed E-state index contributed by atoms with van der Waals surface area (Å²) in [4.78, 5) is 222. The normalized spacial score (nSPS) is 19.5. The van der Waals surface area contributed by atoms with Gasteiger partial charge in [0, 0.05) is 43.3 Å². The summed E-state index contributed by atoms with van der Waals surface area (Å²) in [6.07, 6.45) is 4.53. The molecule has 2 aromatic rings. The van der Waals surface area contributed by atoms with E-state index < -0.39 is 213 Å². The van der Waals surface area contributed by atoms with Crippen molar-refractivity contribution < 1.29 is 92.0 Å². The Morgan fingerprint density at radius 2 is 1.01 bits per heavy atom. The Morgan fingerprint density at radius 1 is 0.524 bits per heavy atom. The number of hydrogen-bond donors (Lipinski definition) is 18. The number of aromatic nitrogens is 1. The van der Waals surface area contributed by atoms with Gasteiger partial charge >= 0.3 is 0 Å². The molecular weight excluding hydrogens is 1350 g/mol. The minimum Gasteiger partial charge on any atom is -0.394 e. The summed E-state index contributed by atoms with van der Waals surface area (Å²) < 4.78 is 0. The Labute approximate surface area is 593 Å². The van der Waals surface area contributed by atoms with Crippen LogP contribution in [0.15, 0.2) is 30.5 Å². The molecule has 4 saturated heterocycles. The SMILES string of the molecule is CC(C)C[C@H](NC(=O)[C@@H](N)Cc1c[nH]c2ccccc12)C(=O)N[C@@H](CCCCN)C(=O)N[C@@H](CC(N)=O)C(=O)NCC(=O)NCC(=O)N1CCC[C@H]1C(=O)N[C@@H](CO)C(=O)N[C@@H](CO)C(=O)NCC(=O)N[C@@H](C)C(=O)N1CCC[C@H]1C(=O)N1CCC[C@H]1C(=O)N1CCC[C@H]1C(=O)N[C@@H](CO)C(N)=O. The van der Waals surface area contributed by atoms with Crippen LogP contribution >= 0.6 is 0 Å². The first-order chi connectivity index (χ1) is 49.0. The molecule has 16 amide bonds. The van der Waals surface area contributed by atoms with Crippen LogP contribution in [0.5, 0.6) is 0 Å². The Morgan fingerprint density at radius 3 is 1.60 bits per heavy atom. The lowest BCUT2D eigenvalue weighted by molar-refractivity contribution is -0.151. The first-order valence-electron chi connectivity index (χ1n) is 34.6. The molecule has 103 heavy (non-hydrogen) atoms. The lowest BCUT2D eigenvalue weighted by Gasteiger charge is -2.34. The summed E-state index contributed by atoms with van der Waals surface area (Å²) in [6.45, 7) is 0.646. The van der Waals surface area contributed by atoms with Crippen LogP contribution in [-0.2, 0) is 83.1 Å². The standard InChI is InChI=1S/C65H99N19O19/c1-34(2)24-41(76-55(93)38(67)25-36-27-70-39-13-5-4-12-37(36)39)59(97)75-40(14-6-7-19-66)58(96)77-42(26-50(68)88)56(94)72-28-51(89)71-30-53(91)81-20-8-15-46(81)61(99)80-45(33-87)60(98)79-44(32-86)57(95)73-29-52(90)74-35(3)63(101)83-22-10-17-48(83)65(103)84-23-11-18-49(84)64(102)82-21-9-16-47(82)62(100)78-43(31-85)54(69)92/h4-5,12-13,27,34-35,38,40-49,70,85-87H,6-11,14-26,28-33,66-67H2,1-3H3,(H2,68,88)(H2,69,92)(H,71,89)(H,72,94)(H,73,95)(H,74,90)(H,75,97)(H,76,93)(H,77,96)(H,78,100)(H,79,98)(H,80,99)/t35-,38-,40-,41-,42-,43-,44-,45-,46-,47-,48-,49-/m0/s1. The number of aliphatic hydroxyl groups excluding tert-OH is 3. The van der Waals surface area contributed by atoms with Crippen molar-refractivity contribution in [1.29, 1.82) is 0 Å². The van der Waals surface area contributed by atoms with Gasteiger partial charge in [-0.3, -0.25) is 76.7 Å². The van der Waals surface area contributed by atoms with E-state index in [4.69, 9.17) is 22.9 Å². The van der Waals surface area contributed by atoms with Gasteiger partial charge in [0.05, 0.1) is 51.9 Å². The van der Waals surface area contributed by atoms with E-state index >= 15 is 0 Å². The smallest absolute Gasteiger partial charge is 0.246 e. The number of nitrogens with one attached hydrogen (secondary N) is 11. The minimum atomic E-state index is -1.76. The van der Waals surface area contributed by atoms with Crippen LogP contribution in [-0.4, -0.2) is 279 Å². The Hall–Kier alpha value is -9.92. The average molecular weight is 1450 g/mol. The van der Waals surface area contributed by atoms with Gasteiger partial charge in [-0.2, -0.15) is 0 Å². The number of rotatable bonds is 38. The lowest BCUT2D eigenvalue weighted by Crippen LogP contribution is -2.59. The molecule has 4 aliphatic rings. The summed E-state index contributed by atoms with van der Waals surface area (Å²) >= 11 is 0. The zero-order chi connectivity index (χ0) is 75.8. The number of carbonyl (C=O) groups excluding carboxylic acids is 16. The highest BCUT2D eigenvalue weighted by Crippen LogP contribution is 2.29. The fourth-order valence-electron chi connectivity index (χ4n) is 12.9. The average Bonchev–Trinajstić information content (AvgIpc) is 1.67. The van der Waals surface area contributed by atoms with Gasteiger partial charge in [-0.05, 0) is 114 Å². The van der Waals surface area contributed by atoms with Crippen molar-refractivity contribution in [3.63, 3.8) is 0 Å². The van der Waals surface area contributed by atoms with Gasteiger partial charge in [-0.1, -0.05) is 32.0 Å². The van der Waals surface area contributed by atoms with Gasteiger partial charge in [-0.15, -0.1) is 0 Å². The van der Waals surface area contributed by atoms with Gasteiger partial charge in [0.25, 0.3) is 0 Å². The van der Waals surface area contributed by atoms with Crippen LogP contribution in [0.25, 0.3) is 10.9 Å². The van der Waals surface area contributed by atoms with E-state index in [0.717, 1.165) is 21.4 Å². The molecule has 22 N–H and O–H groups in total. The number of likely N-dealkylation sites (tertiary alicyclic amines) is 4. The second kappa shape index (κ2) is 39.5. The van der Waals surface area contributed by atoms with E-state index in [1.807, 2.05) is 38.1 Å². The van der Waals surface area contributed by atoms with Crippen molar-refractivity contribution in [1.82, 2.24) is 77.8 Å². The number of H-pyrrole nitrogens is 1. The van der Waals surface area contributed by atoms with Crippen molar-refractivity contribution in [2.45, 2.75) is 183 Å². The lowest BCUT2D eigenvalue weighted by atomic mass is 10.00. The maximum absolute atomic E-state index is 14.1. The van der Waals surface area contributed by atoms with E-state index in [0.29, 0.717) is 32.1 Å². The summed E-state index contributed by atoms with van der Waals surface area (Å²) in [5.74, 6) is -13.6. The van der Waals surface area contributed by atoms with Gasteiger partial charge in [0.2, 0.25) is 94.5 Å². The molecule has 38 nitrogen and oxygen atoms in total. The quantitative estimate of drug-likeness (QED) is 0.0278. The van der Waals surface area contributed by atoms with Crippen LogP contribution < -0.4 is 76.1 Å². The van der Waals surface area contributed by atoms with Crippen molar-refractivity contribution in [3.8, 4) is 0 Å². The van der Waals surface area contributed by atoms with Crippen molar-refractivity contribution in [3.05, 3.63) is 36.0 Å². The summed E-state index contributed by atoms with van der Waals surface area (Å²) in [7, 11) is 0. The van der Waals surface area contributed by atoms with Crippen LogP contribution in [0.1, 0.15) is 110 Å². The molecule has 0 unspecified atom stereocenters. The summed E-state index contributed by atoms with van der Waals surface area (Å²) in [6, 6.07) is -8.02. The minimum absolute atomic E-state index is 0.00575. The maximum Gasteiger partial charge on any atom is 0.246 e. The van der Waals surface area contributed by atoms with E-state index in [9.17, 15) is 92.0 Å². The fraction of sp³-hybridized carbons (Fsp3) is 0.631. The number of hydrogen-bond acceptors (Lipinski definition) is 21. The molecule has 4 fully saturated rings. The molecule has 1 aromatic carbocycles. The number of aliphatic hydroxyl groups is 3. The van der Waals surface area contributed by atoms with Crippen LogP contribution in [0, 0.1) is 5.92 Å². The molecule has 12 atom stereocenters. The maximum atomic E-state index is 14.1. The number of aromatic amines is 1. The predicted octanol–water partition coefficient (Wildman–Crippen LogP) is -8.72. The van der Waals surface area contributed by atoms with Crippen LogP contribution in [0.2, 0.25) is 0 Å². The van der Waals surface area contributed by atoms with E-state index in [1.54, 1.807) is 6.20 Å². The molecule has 0 radical (unpaired) electrons. The third-order valence-electron chi connectivity index (χ3n) is 18.3. The van der Waals surface area contributed by atoms with Crippen molar-refractivity contribution in [2.24, 2.45) is 28.9 Å². The molecule has 568 valence electrons. The number of benzene rings is 1. The number of carbonyl (C=O) groups is 16. The summed E-state index contributed by atoms with van der Waals surface area (Å²) in [5, 5.41) is 54.5. The highest BCUT2D eigenvalue weighted by molar-refractivity contribution is 6.01. The molecule has 0 saturated carbocycles.